The first-order chi connectivity index (χ1) is 20.9. The van der Waals surface area contributed by atoms with Crippen LogP contribution in [-0.2, 0) is 38.7 Å². The maximum atomic E-state index is 14.6. The minimum absolute atomic E-state index is 0.0141. The van der Waals surface area contributed by atoms with Crippen molar-refractivity contribution in [1.82, 2.24) is 15.5 Å². The largest absolute Gasteiger partial charge is 0.507 e. The second-order valence-corrected chi connectivity index (χ2v) is 17.0. The molecule has 1 amide bonds. The number of amides is 1. The van der Waals surface area contributed by atoms with Gasteiger partial charge in [-0.25, -0.2) is 0 Å². The Morgan fingerprint density at radius 3 is 1.96 bits per heavy atom. The molecule has 0 bridgehead atoms. The maximum absolute atomic E-state index is 14.6. The van der Waals surface area contributed by atoms with Crippen LogP contribution in [-0.4, -0.2) is 83.0 Å². The summed E-state index contributed by atoms with van der Waals surface area (Å²) in [5.41, 5.74) is 1.75. The van der Waals surface area contributed by atoms with Crippen molar-refractivity contribution in [2.45, 2.75) is 93.0 Å². The highest BCUT2D eigenvalue weighted by molar-refractivity contribution is 6.33. The smallest absolute Gasteiger partial charge is 0.235 e. The van der Waals surface area contributed by atoms with Crippen LogP contribution in [0, 0.1) is 33.5 Å². The number of hydrogen-bond donors (Lipinski definition) is 5. The van der Waals surface area contributed by atoms with Crippen molar-refractivity contribution in [2.75, 3.05) is 27.2 Å². The molecule has 0 heterocycles. The number of nitrogens with one attached hydrogen (secondary N) is 2. The number of nitrogens with two attached hydrogens (primary N) is 1. The van der Waals surface area contributed by atoms with E-state index in [-0.39, 0.29) is 41.5 Å². The highest BCUT2D eigenvalue weighted by atomic mass is 16.3. The van der Waals surface area contributed by atoms with Crippen molar-refractivity contribution in [3.63, 3.8) is 0 Å². The Labute approximate surface area is 272 Å². The number of phenolic OH excluding ortho intramolecular Hbond substituents is 1. The summed E-state index contributed by atoms with van der Waals surface area (Å²) in [6.45, 7) is 17.9. The third-order valence-corrected chi connectivity index (χ3v) is 10.1. The molecule has 0 spiro atoms. The van der Waals surface area contributed by atoms with Crippen molar-refractivity contribution < 1.29 is 34.2 Å². The predicted molar refractivity (Wildman–Crippen MR) is 173 cm³/mol. The van der Waals surface area contributed by atoms with Crippen molar-refractivity contribution >= 4 is 29.0 Å². The topological polar surface area (TPSA) is 179 Å². The molecule has 11 nitrogen and oxygen atoms in total. The molecule has 0 saturated heterocycles. The molecule has 11 heteroatoms. The number of aliphatic hydroxyl groups is 1. The van der Waals surface area contributed by atoms with Gasteiger partial charge < -0.3 is 26.6 Å². The minimum Gasteiger partial charge on any atom is -0.507 e. The zero-order valence-electron chi connectivity index (χ0n) is 29.0. The summed E-state index contributed by atoms with van der Waals surface area (Å²) < 4.78 is 0. The van der Waals surface area contributed by atoms with Crippen molar-refractivity contribution in [2.24, 2.45) is 39.2 Å². The third-order valence-electron chi connectivity index (χ3n) is 10.1. The van der Waals surface area contributed by atoms with E-state index in [1.807, 2.05) is 6.07 Å². The van der Waals surface area contributed by atoms with Gasteiger partial charge in [0.05, 0.1) is 17.5 Å². The molecule has 0 aliphatic heterocycles. The van der Waals surface area contributed by atoms with Crippen LogP contribution in [0.25, 0.3) is 0 Å². The van der Waals surface area contributed by atoms with Crippen molar-refractivity contribution in [3.8, 4) is 5.75 Å². The number of carbonyl (C=O) groups is 5. The van der Waals surface area contributed by atoms with E-state index in [9.17, 15) is 34.2 Å². The molecule has 1 aromatic carbocycles. The average Bonchev–Trinajstić information content (AvgIpc) is 2.86. The molecule has 6 atom stereocenters. The highest BCUT2D eigenvalue weighted by Crippen LogP contribution is 2.62. The second kappa shape index (κ2) is 11.6. The molecule has 1 aromatic rings. The summed E-state index contributed by atoms with van der Waals surface area (Å²) >= 11 is 0. The van der Waals surface area contributed by atoms with E-state index >= 15 is 0 Å². The fourth-order valence-electron chi connectivity index (χ4n) is 8.36. The van der Waals surface area contributed by atoms with Gasteiger partial charge in [-0.1, -0.05) is 55.4 Å². The van der Waals surface area contributed by atoms with Gasteiger partial charge in [0.15, 0.2) is 34.7 Å². The number of Topliss-reactive ketones (excluding diaryl/α,β-unsaturated/α-hetero) is 4. The van der Waals surface area contributed by atoms with Crippen molar-refractivity contribution in [3.05, 3.63) is 28.3 Å². The van der Waals surface area contributed by atoms with Gasteiger partial charge in [0.1, 0.15) is 5.75 Å². The summed E-state index contributed by atoms with van der Waals surface area (Å²) in [4.78, 5) is 70.5. The van der Waals surface area contributed by atoms with E-state index in [0.717, 1.165) is 5.56 Å². The van der Waals surface area contributed by atoms with E-state index in [1.54, 1.807) is 21.0 Å². The number of rotatable bonds is 8. The van der Waals surface area contributed by atoms with E-state index < -0.39 is 63.3 Å². The van der Waals surface area contributed by atoms with Gasteiger partial charge in [0, 0.05) is 37.2 Å². The number of benzene rings is 1. The van der Waals surface area contributed by atoms with E-state index in [1.165, 1.54) is 11.8 Å². The molecule has 3 aliphatic carbocycles. The molecule has 6 N–H and O–H groups in total. The lowest BCUT2D eigenvalue weighted by Gasteiger charge is -2.61. The van der Waals surface area contributed by atoms with Crippen molar-refractivity contribution in [1.29, 1.82) is 0 Å². The van der Waals surface area contributed by atoms with Gasteiger partial charge in [0.2, 0.25) is 5.91 Å². The van der Waals surface area contributed by atoms with E-state index in [2.05, 4.69) is 52.2 Å². The average molecular weight is 641 g/mol. The predicted octanol–water partition coefficient (Wildman–Crippen LogP) is 1.92. The fraction of sp³-hybridized carbons (Fsp3) is 0.686. The van der Waals surface area contributed by atoms with Gasteiger partial charge in [-0.2, -0.15) is 0 Å². The normalized spacial score (nSPS) is 31.5. The number of primary amides is 1. The molecule has 2 unspecified atom stereocenters. The monoisotopic (exact) mass is 640 g/mol. The number of ketones is 4. The van der Waals surface area contributed by atoms with Gasteiger partial charge in [-0.15, -0.1) is 0 Å². The summed E-state index contributed by atoms with van der Waals surface area (Å²) in [5, 5.41) is 30.6. The Bertz CT molecular complexity index is 1490. The molecule has 3 aliphatic rings. The summed E-state index contributed by atoms with van der Waals surface area (Å²) in [5.74, 6) is -8.81. The van der Waals surface area contributed by atoms with Crippen LogP contribution in [0.1, 0.15) is 88.9 Å². The van der Waals surface area contributed by atoms with Gasteiger partial charge in [-0.05, 0) is 60.4 Å². The maximum Gasteiger partial charge on any atom is 0.235 e. The van der Waals surface area contributed by atoms with Gasteiger partial charge in [-0.3, -0.25) is 28.9 Å². The standard InChI is InChI=1S/C35H52N4O7/c1-31(2,3)16-37-13-18-11-19(14-38-17-32(4,5)6)24(40)21-20(18)12-33(7)15-34(8)27(39(9)10)26(42)22(30(36)45)28(43)35(34,46)29(44)23(33)25(21)41/h11,22-23,27,37-38,40,46H,12-17H2,1-10H3,(H2,36,45)/t22?,23?,27-,33+,34+,35-/m1/s1. The molecule has 0 aromatic heterocycles. The lowest BCUT2D eigenvalue weighted by atomic mass is 9.42. The van der Waals surface area contributed by atoms with Crippen LogP contribution < -0.4 is 16.4 Å². The van der Waals surface area contributed by atoms with Crippen LogP contribution in [0.2, 0.25) is 0 Å². The van der Waals surface area contributed by atoms with E-state index in [0.29, 0.717) is 30.8 Å². The zero-order valence-corrected chi connectivity index (χ0v) is 29.0. The Balaban J connectivity index is 1.90. The third kappa shape index (κ3) is 5.73. The lowest BCUT2D eigenvalue weighted by Crippen LogP contribution is -2.79. The second-order valence-electron chi connectivity index (χ2n) is 17.0. The molecule has 0 radical (unpaired) electrons. The van der Waals surface area contributed by atoms with Crippen LogP contribution in [0.5, 0.6) is 5.75 Å². The Hall–Kier alpha value is -2.99. The number of phenols is 1. The Morgan fingerprint density at radius 2 is 1.48 bits per heavy atom. The number of hydrogen-bond acceptors (Lipinski definition) is 10. The Morgan fingerprint density at radius 1 is 0.957 bits per heavy atom. The lowest BCUT2D eigenvalue weighted by molar-refractivity contribution is -0.203. The first-order valence-corrected chi connectivity index (χ1v) is 16.0. The molecule has 46 heavy (non-hydrogen) atoms. The Kier molecular flexibility index (Phi) is 9.05. The van der Waals surface area contributed by atoms with Gasteiger partial charge in [0.25, 0.3) is 0 Å². The summed E-state index contributed by atoms with van der Waals surface area (Å²) in [6.07, 6.45) is 0.141. The number of carbonyl (C=O) groups excluding carboxylic acids is 5. The van der Waals surface area contributed by atoms with Crippen LogP contribution >= 0.6 is 0 Å². The minimum atomic E-state index is -2.83. The zero-order chi connectivity index (χ0) is 34.9. The molecule has 2 saturated carbocycles. The van der Waals surface area contributed by atoms with Crippen LogP contribution in [0.4, 0.5) is 0 Å². The number of fused-ring (bicyclic) bond motifs is 3. The van der Waals surface area contributed by atoms with Gasteiger partial charge >= 0.3 is 0 Å². The summed E-state index contributed by atoms with van der Waals surface area (Å²) in [7, 11) is 3.16. The van der Waals surface area contributed by atoms with Crippen LogP contribution in [0.3, 0.4) is 0 Å². The molecular formula is C35H52N4O7. The quantitative estimate of drug-likeness (QED) is 0.264. The van der Waals surface area contributed by atoms with E-state index in [4.69, 9.17) is 5.73 Å². The fourth-order valence-corrected chi connectivity index (χ4v) is 8.36. The number of nitrogens with zero attached hydrogens (tertiary/aromatic N) is 1. The molecule has 4 rings (SSSR count). The molecule has 254 valence electrons. The van der Waals surface area contributed by atoms with Crippen LogP contribution in [0.15, 0.2) is 6.07 Å². The number of aromatic hydroxyl groups is 1. The summed E-state index contributed by atoms with van der Waals surface area (Å²) in [6, 6.07) is 0.691. The first kappa shape index (κ1) is 35.9. The SMILES string of the molecule is CN(C)[C@@H]1C(=O)C(C(N)=O)C(=O)[C@@]2(O)C(=O)C3C(=O)c4c(O)c(CNCC(C)(C)C)cc(CNCC(C)(C)C)c4C[C@@]3(C)C[C@@]12C. The first-order valence-electron chi connectivity index (χ1n) is 16.0. The molecular weight excluding hydrogens is 588 g/mol. The molecule has 2 fully saturated rings. The number of likely N-dealkylation sites (N-methyl/N-ethyl adjacent to an activating group) is 1. The highest BCUT2D eigenvalue weighted by Gasteiger charge is 2.76.